The number of hydrogen-bond acceptors (Lipinski definition) is 3. The lowest BCUT2D eigenvalue weighted by Gasteiger charge is -2.26. The minimum atomic E-state index is -1.09. The van der Waals surface area contributed by atoms with Gasteiger partial charge in [0.25, 0.3) is 5.91 Å². The second-order valence-electron chi connectivity index (χ2n) is 6.05. The van der Waals surface area contributed by atoms with Crippen LogP contribution in [-0.4, -0.2) is 17.0 Å². The Labute approximate surface area is 135 Å². The van der Waals surface area contributed by atoms with Gasteiger partial charge < -0.3 is 14.8 Å². The van der Waals surface area contributed by atoms with E-state index in [1.165, 1.54) is 6.07 Å². The first-order chi connectivity index (χ1) is 10.7. The third-order valence-electron chi connectivity index (χ3n) is 3.75. The summed E-state index contributed by atoms with van der Waals surface area (Å²) >= 11 is 0. The molecule has 1 heterocycles. The molecule has 2 rings (SSSR count). The minimum absolute atomic E-state index is 0.0139. The molecular formula is C18H21NO4. The first kappa shape index (κ1) is 16.8. The number of carbonyl (C=O) groups excluding carboxylic acids is 1. The average molecular weight is 315 g/mol. The van der Waals surface area contributed by atoms with Gasteiger partial charge in [-0.1, -0.05) is 36.8 Å². The quantitative estimate of drug-likeness (QED) is 0.885. The SMILES string of the molecule is CCc1oc(C(=O)NC(C)(C)c2cccc(C)c2)cc1C(=O)O. The number of benzene rings is 1. The van der Waals surface area contributed by atoms with Crippen LogP contribution in [0, 0.1) is 6.92 Å². The van der Waals surface area contributed by atoms with E-state index in [-0.39, 0.29) is 11.3 Å². The lowest BCUT2D eigenvalue weighted by Crippen LogP contribution is -2.40. The summed E-state index contributed by atoms with van der Waals surface area (Å²) in [5, 5.41) is 12.0. The molecular weight excluding hydrogens is 294 g/mol. The van der Waals surface area contributed by atoms with Crippen LogP contribution in [0.15, 0.2) is 34.7 Å². The lowest BCUT2D eigenvalue weighted by atomic mass is 9.93. The van der Waals surface area contributed by atoms with Crippen LogP contribution in [0.1, 0.15) is 58.6 Å². The molecule has 0 aliphatic heterocycles. The number of hydrogen-bond donors (Lipinski definition) is 2. The largest absolute Gasteiger partial charge is 0.478 e. The molecule has 0 fully saturated rings. The highest BCUT2D eigenvalue weighted by molar-refractivity contribution is 5.96. The van der Waals surface area contributed by atoms with Crippen molar-refractivity contribution in [2.75, 3.05) is 0 Å². The number of aromatic carboxylic acids is 1. The van der Waals surface area contributed by atoms with E-state index in [1.807, 2.05) is 45.0 Å². The first-order valence-electron chi connectivity index (χ1n) is 7.50. The third-order valence-corrected chi connectivity index (χ3v) is 3.75. The van der Waals surface area contributed by atoms with Crippen molar-refractivity contribution in [3.8, 4) is 0 Å². The van der Waals surface area contributed by atoms with Crippen LogP contribution < -0.4 is 5.32 Å². The number of carboxylic acids is 1. The summed E-state index contributed by atoms with van der Waals surface area (Å²) in [6.45, 7) is 7.55. The maximum Gasteiger partial charge on any atom is 0.339 e. The van der Waals surface area contributed by atoms with Crippen molar-refractivity contribution in [1.29, 1.82) is 0 Å². The predicted octanol–water partition coefficient (Wildman–Crippen LogP) is 3.51. The Kier molecular flexibility index (Phi) is 4.59. The number of rotatable bonds is 5. The van der Waals surface area contributed by atoms with E-state index >= 15 is 0 Å². The Morgan fingerprint density at radius 2 is 1.96 bits per heavy atom. The van der Waals surface area contributed by atoms with E-state index in [4.69, 9.17) is 9.52 Å². The normalized spacial score (nSPS) is 11.3. The highest BCUT2D eigenvalue weighted by atomic mass is 16.4. The Morgan fingerprint density at radius 3 is 2.48 bits per heavy atom. The van der Waals surface area contributed by atoms with Crippen LogP contribution in [0.2, 0.25) is 0 Å². The number of amides is 1. The number of nitrogens with one attached hydrogen (secondary N) is 1. The summed E-state index contributed by atoms with van der Waals surface area (Å²) < 4.78 is 5.40. The second-order valence-corrected chi connectivity index (χ2v) is 6.05. The van der Waals surface area contributed by atoms with Gasteiger partial charge in [-0.25, -0.2) is 4.79 Å². The van der Waals surface area contributed by atoms with Crippen LogP contribution in [0.4, 0.5) is 0 Å². The van der Waals surface area contributed by atoms with Crippen molar-refractivity contribution in [1.82, 2.24) is 5.32 Å². The molecule has 1 amide bonds. The van der Waals surface area contributed by atoms with Gasteiger partial charge in [0.05, 0.1) is 5.54 Å². The van der Waals surface area contributed by atoms with E-state index in [2.05, 4.69) is 5.32 Å². The van der Waals surface area contributed by atoms with Gasteiger partial charge in [-0.3, -0.25) is 4.79 Å². The smallest absolute Gasteiger partial charge is 0.339 e. The van der Waals surface area contributed by atoms with Crippen molar-refractivity contribution < 1.29 is 19.1 Å². The van der Waals surface area contributed by atoms with E-state index in [0.717, 1.165) is 11.1 Å². The fourth-order valence-electron chi connectivity index (χ4n) is 2.44. The highest BCUT2D eigenvalue weighted by Crippen LogP contribution is 2.23. The summed E-state index contributed by atoms with van der Waals surface area (Å²) in [7, 11) is 0. The van der Waals surface area contributed by atoms with Crippen LogP contribution in [-0.2, 0) is 12.0 Å². The van der Waals surface area contributed by atoms with Crippen LogP contribution in [0.3, 0.4) is 0 Å². The Balaban J connectivity index is 2.26. The van der Waals surface area contributed by atoms with Gasteiger partial charge in [-0.15, -0.1) is 0 Å². The van der Waals surface area contributed by atoms with Gasteiger partial charge >= 0.3 is 5.97 Å². The van der Waals surface area contributed by atoms with E-state index < -0.39 is 17.4 Å². The molecule has 1 aromatic carbocycles. The minimum Gasteiger partial charge on any atom is -0.478 e. The molecule has 0 saturated heterocycles. The van der Waals surface area contributed by atoms with E-state index in [9.17, 15) is 9.59 Å². The van der Waals surface area contributed by atoms with Crippen molar-refractivity contribution in [3.63, 3.8) is 0 Å². The zero-order chi connectivity index (χ0) is 17.2. The van der Waals surface area contributed by atoms with Crippen LogP contribution >= 0.6 is 0 Å². The summed E-state index contributed by atoms with van der Waals surface area (Å²) in [5.74, 6) is -1.21. The molecule has 2 N–H and O–H groups in total. The van der Waals surface area contributed by atoms with E-state index in [0.29, 0.717) is 12.2 Å². The number of aryl methyl sites for hydroxylation is 2. The molecule has 2 aromatic rings. The molecule has 5 heteroatoms. The van der Waals surface area contributed by atoms with E-state index in [1.54, 1.807) is 6.92 Å². The predicted molar refractivity (Wildman–Crippen MR) is 86.7 cm³/mol. The molecule has 122 valence electrons. The van der Waals surface area contributed by atoms with Crippen LogP contribution in [0.5, 0.6) is 0 Å². The van der Waals surface area contributed by atoms with Gasteiger partial charge in [0.15, 0.2) is 5.76 Å². The van der Waals surface area contributed by atoms with Crippen LogP contribution in [0.25, 0.3) is 0 Å². The molecule has 5 nitrogen and oxygen atoms in total. The Morgan fingerprint density at radius 1 is 1.26 bits per heavy atom. The summed E-state index contributed by atoms with van der Waals surface area (Å²) in [4.78, 5) is 23.6. The summed E-state index contributed by atoms with van der Waals surface area (Å²) in [6, 6.07) is 9.14. The fourth-order valence-corrected chi connectivity index (χ4v) is 2.44. The van der Waals surface area contributed by atoms with Crippen molar-refractivity contribution in [3.05, 3.63) is 58.5 Å². The standard InChI is InChI=1S/C18H21NO4/c1-5-14-13(17(21)22)10-15(23-14)16(20)19-18(3,4)12-8-6-7-11(2)9-12/h6-10H,5H2,1-4H3,(H,19,20)(H,21,22). The third kappa shape index (κ3) is 3.62. The molecule has 0 unspecified atom stereocenters. The van der Waals surface area contributed by atoms with Gasteiger partial charge in [0.2, 0.25) is 0 Å². The van der Waals surface area contributed by atoms with Gasteiger partial charge in [-0.2, -0.15) is 0 Å². The first-order valence-corrected chi connectivity index (χ1v) is 7.50. The van der Waals surface area contributed by atoms with Crippen molar-refractivity contribution in [2.24, 2.45) is 0 Å². The summed E-state index contributed by atoms with van der Waals surface area (Å²) in [6.07, 6.45) is 0.413. The molecule has 0 spiro atoms. The van der Waals surface area contributed by atoms with Crippen molar-refractivity contribution in [2.45, 2.75) is 39.7 Å². The number of furan rings is 1. The maximum atomic E-state index is 12.4. The van der Waals surface area contributed by atoms with Crippen molar-refractivity contribution >= 4 is 11.9 Å². The zero-order valence-corrected chi connectivity index (χ0v) is 13.8. The molecule has 23 heavy (non-hydrogen) atoms. The molecule has 0 aliphatic rings. The number of carboxylic acid groups (broad SMARTS) is 1. The van der Waals surface area contributed by atoms with Gasteiger partial charge in [0, 0.05) is 12.5 Å². The average Bonchev–Trinajstić information content (AvgIpc) is 2.91. The second kappa shape index (κ2) is 6.28. The van der Waals surface area contributed by atoms with Gasteiger partial charge in [-0.05, 0) is 26.3 Å². The molecule has 0 saturated carbocycles. The lowest BCUT2D eigenvalue weighted by molar-refractivity contribution is 0.0694. The molecule has 0 radical (unpaired) electrons. The summed E-state index contributed by atoms with van der Waals surface area (Å²) in [5.41, 5.74) is 1.49. The molecule has 0 bridgehead atoms. The maximum absolute atomic E-state index is 12.4. The molecule has 0 aliphatic carbocycles. The Hall–Kier alpha value is -2.56. The molecule has 1 aromatic heterocycles. The molecule has 0 atom stereocenters. The monoisotopic (exact) mass is 315 g/mol. The zero-order valence-electron chi connectivity index (χ0n) is 13.8. The highest BCUT2D eigenvalue weighted by Gasteiger charge is 2.27. The topological polar surface area (TPSA) is 79.5 Å². The fraction of sp³-hybridized carbons (Fsp3) is 0.333. The van der Waals surface area contributed by atoms with Gasteiger partial charge in [0.1, 0.15) is 11.3 Å². The Bertz CT molecular complexity index is 743. The number of carbonyl (C=O) groups is 2.